The van der Waals surface area contributed by atoms with Gasteiger partial charge in [0.15, 0.2) is 0 Å². The lowest BCUT2D eigenvalue weighted by molar-refractivity contribution is -0.142. The summed E-state index contributed by atoms with van der Waals surface area (Å²) >= 11 is 0. The van der Waals surface area contributed by atoms with Gasteiger partial charge in [-0.15, -0.1) is 0 Å². The molecule has 0 bridgehead atoms. The van der Waals surface area contributed by atoms with Crippen molar-refractivity contribution in [2.75, 3.05) is 18.4 Å². The number of rotatable bonds is 4. The van der Waals surface area contributed by atoms with Gasteiger partial charge in [0.05, 0.1) is 24.0 Å². The number of aromatic nitrogens is 4. The van der Waals surface area contributed by atoms with Gasteiger partial charge in [0, 0.05) is 37.9 Å². The molecule has 1 saturated heterocycles. The van der Waals surface area contributed by atoms with Gasteiger partial charge in [-0.25, -0.2) is 0 Å². The first kappa shape index (κ1) is 17.5. The Bertz CT molecular complexity index is 766. The summed E-state index contributed by atoms with van der Waals surface area (Å²) in [5.74, 6) is -0.599. The number of anilines is 1. The Hall–Kier alpha value is -2.36. The Morgan fingerprint density at radius 3 is 2.76 bits per heavy atom. The van der Waals surface area contributed by atoms with Gasteiger partial charge in [-0.3, -0.25) is 14.2 Å². The van der Waals surface area contributed by atoms with Crippen molar-refractivity contribution in [3.8, 4) is 0 Å². The summed E-state index contributed by atoms with van der Waals surface area (Å²) in [6.45, 7) is 1.90. The van der Waals surface area contributed by atoms with Crippen molar-refractivity contribution in [2.24, 2.45) is 13.0 Å². The van der Waals surface area contributed by atoms with Crippen LogP contribution in [0.1, 0.15) is 17.2 Å². The molecule has 2 N–H and O–H groups in total. The average Bonchev–Trinajstić information content (AvgIpc) is 3.20. The van der Waals surface area contributed by atoms with E-state index in [1.54, 1.807) is 10.9 Å². The minimum atomic E-state index is -4.36. The predicted octanol–water partition coefficient (Wildman–Crippen LogP) is 1.43. The van der Waals surface area contributed by atoms with Gasteiger partial charge in [0.25, 0.3) is 0 Å². The molecule has 1 aliphatic rings. The Balaban J connectivity index is 1.69. The number of carbonyl (C=O) groups is 1. The normalized spacial score (nSPS) is 20.8. The van der Waals surface area contributed by atoms with E-state index in [2.05, 4.69) is 20.8 Å². The van der Waals surface area contributed by atoms with Crippen LogP contribution in [0.3, 0.4) is 0 Å². The zero-order valence-electron chi connectivity index (χ0n) is 13.8. The second kappa shape index (κ2) is 6.51. The van der Waals surface area contributed by atoms with Crippen molar-refractivity contribution in [3.63, 3.8) is 0 Å². The predicted molar refractivity (Wildman–Crippen MR) is 84.0 cm³/mol. The molecule has 1 amide bonds. The zero-order valence-corrected chi connectivity index (χ0v) is 13.8. The van der Waals surface area contributed by atoms with E-state index in [1.807, 2.05) is 14.0 Å². The molecular weight excluding hydrogens is 337 g/mol. The van der Waals surface area contributed by atoms with Gasteiger partial charge in [0.2, 0.25) is 5.91 Å². The molecule has 0 aromatic carbocycles. The van der Waals surface area contributed by atoms with E-state index in [0.717, 1.165) is 15.9 Å². The van der Waals surface area contributed by atoms with E-state index in [0.29, 0.717) is 13.1 Å². The molecule has 0 unspecified atom stereocenters. The van der Waals surface area contributed by atoms with Gasteiger partial charge in [-0.05, 0) is 12.5 Å². The number of hydrogen-bond acceptors (Lipinski definition) is 4. The van der Waals surface area contributed by atoms with Crippen molar-refractivity contribution in [2.45, 2.75) is 25.6 Å². The molecule has 2 aromatic rings. The van der Waals surface area contributed by atoms with Crippen LogP contribution in [0.2, 0.25) is 0 Å². The summed E-state index contributed by atoms with van der Waals surface area (Å²) < 4.78 is 39.6. The molecule has 1 aliphatic heterocycles. The highest BCUT2D eigenvalue weighted by Gasteiger charge is 2.36. The first-order valence-corrected chi connectivity index (χ1v) is 7.84. The third kappa shape index (κ3) is 3.84. The van der Waals surface area contributed by atoms with Crippen molar-refractivity contribution < 1.29 is 18.0 Å². The minimum absolute atomic E-state index is 0.0288. The van der Waals surface area contributed by atoms with E-state index in [1.165, 1.54) is 12.4 Å². The quantitative estimate of drug-likeness (QED) is 0.869. The molecule has 0 saturated carbocycles. The lowest BCUT2D eigenvalue weighted by Gasteiger charge is -2.17. The fraction of sp³-hybridized carbons (Fsp3) is 0.533. The Labute approximate surface area is 142 Å². The lowest BCUT2D eigenvalue weighted by Crippen LogP contribution is -2.28. The maximum atomic E-state index is 12.6. The van der Waals surface area contributed by atoms with Crippen LogP contribution < -0.4 is 10.6 Å². The molecule has 3 heterocycles. The van der Waals surface area contributed by atoms with Crippen LogP contribution in [-0.4, -0.2) is 44.7 Å². The highest BCUT2D eigenvalue weighted by molar-refractivity contribution is 5.93. The summed E-state index contributed by atoms with van der Waals surface area (Å²) in [7, 11) is 1.84. The Morgan fingerprint density at radius 2 is 2.12 bits per heavy atom. The highest BCUT2D eigenvalue weighted by Crippen LogP contribution is 2.31. The maximum absolute atomic E-state index is 12.6. The van der Waals surface area contributed by atoms with Crippen molar-refractivity contribution in [1.82, 2.24) is 24.9 Å². The van der Waals surface area contributed by atoms with E-state index in [9.17, 15) is 18.0 Å². The second-order valence-electron chi connectivity index (χ2n) is 6.21. The average molecular weight is 356 g/mol. The lowest BCUT2D eigenvalue weighted by atomic mass is 9.88. The Morgan fingerprint density at radius 1 is 1.36 bits per heavy atom. The van der Waals surface area contributed by atoms with Gasteiger partial charge < -0.3 is 10.6 Å². The van der Waals surface area contributed by atoms with Crippen LogP contribution in [-0.2, 0) is 18.4 Å². The van der Waals surface area contributed by atoms with Gasteiger partial charge in [-0.2, -0.15) is 23.4 Å². The van der Waals surface area contributed by atoms with Gasteiger partial charge in [-0.1, -0.05) is 0 Å². The fourth-order valence-electron chi connectivity index (χ4n) is 3.09. The molecule has 7 nitrogen and oxygen atoms in total. The number of carbonyl (C=O) groups excluding carboxylic acids is 1. The SMILES string of the molecule is Cc1c([C@H]2CNC[C@@H]2C(=O)Nc2cnn(CC(F)(F)F)c2)cnn1C. The monoisotopic (exact) mass is 356 g/mol. The summed E-state index contributed by atoms with van der Waals surface area (Å²) in [6.07, 6.45) is -0.200. The van der Waals surface area contributed by atoms with Crippen molar-refractivity contribution in [1.29, 1.82) is 0 Å². The molecular formula is C15H19F3N6O. The van der Waals surface area contributed by atoms with Gasteiger partial charge in [0.1, 0.15) is 6.54 Å². The smallest absolute Gasteiger partial charge is 0.323 e. The molecule has 0 radical (unpaired) electrons. The van der Waals surface area contributed by atoms with Gasteiger partial charge >= 0.3 is 6.18 Å². The standard InChI is InChI=1S/C15H19F3N6O/c1-9-11(6-20-23(9)2)12-4-19-5-13(12)14(25)22-10-3-21-24(7-10)8-15(16,17)18/h3,6-7,12-13,19H,4-5,8H2,1-2H3,(H,22,25)/t12-,13+/m1/s1. The molecule has 0 aliphatic carbocycles. The number of aryl methyl sites for hydroxylation is 1. The summed E-state index contributed by atoms with van der Waals surface area (Å²) in [5, 5.41) is 13.7. The summed E-state index contributed by atoms with van der Waals surface area (Å²) in [4.78, 5) is 12.6. The fourth-order valence-corrected chi connectivity index (χ4v) is 3.09. The molecule has 0 spiro atoms. The summed E-state index contributed by atoms with van der Waals surface area (Å²) in [5.41, 5.74) is 2.24. The molecule has 25 heavy (non-hydrogen) atoms. The molecule has 10 heteroatoms. The number of alkyl halides is 3. The molecule has 136 valence electrons. The largest absolute Gasteiger partial charge is 0.408 e. The maximum Gasteiger partial charge on any atom is 0.408 e. The van der Waals surface area contributed by atoms with E-state index >= 15 is 0 Å². The summed E-state index contributed by atoms with van der Waals surface area (Å²) in [6, 6.07) is 0. The van der Waals surface area contributed by atoms with Crippen molar-refractivity contribution in [3.05, 3.63) is 29.8 Å². The molecule has 2 aromatic heterocycles. The molecule has 3 rings (SSSR count). The number of nitrogens with zero attached hydrogens (tertiary/aromatic N) is 4. The van der Waals surface area contributed by atoms with E-state index < -0.39 is 12.7 Å². The third-order valence-corrected chi connectivity index (χ3v) is 4.47. The number of hydrogen-bond donors (Lipinski definition) is 2. The molecule has 1 fully saturated rings. The van der Waals surface area contributed by atoms with Crippen LogP contribution >= 0.6 is 0 Å². The van der Waals surface area contributed by atoms with Crippen LogP contribution in [0.15, 0.2) is 18.6 Å². The first-order chi connectivity index (χ1) is 11.7. The number of halogens is 3. The number of amides is 1. The Kier molecular flexibility index (Phi) is 4.55. The minimum Gasteiger partial charge on any atom is -0.323 e. The van der Waals surface area contributed by atoms with Crippen molar-refractivity contribution >= 4 is 11.6 Å². The van der Waals surface area contributed by atoms with E-state index in [-0.39, 0.29) is 23.4 Å². The first-order valence-electron chi connectivity index (χ1n) is 7.84. The van der Waals surface area contributed by atoms with E-state index in [4.69, 9.17) is 0 Å². The second-order valence-corrected chi connectivity index (χ2v) is 6.21. The highest BCUT2D eigenvalue weighted by atomic mass is 19.4. The third-order valence-electron chi connectivity index (χ3n) is 4.47. The van der Waals surface area contributed by atoms with Crippen LogP contribution in [0.4, 0.5) is 18.9 Å². The molecule has 2 atom stereocenters. The van der Waals surface area contributed by atoms with Crippen LogP contribution in [0, 0.1) is 12.8 Å². The van der Waals surface area contributed by atoms with Crippen LogP contribution in [0.25, 0.3) is 0 Å². The topological polar surface area (TPSA) is 76.8 Å². The zero-order chi connectivity index (χ0) is 18.2. The number of nitrogens with one attached hydrogen (secondary N) is 2. The van der Waals surface area contributed by atoms with Crippen LogP contribution in [0.5, 0.6) is 0 Å².